The van der Waals surface area contributed by atoms with Crippen LogP contribution in [0.3, 0.4) is 0 Å². The summed E-state index contributed by atoms with van der Waals surface area (Å²) in [4.78, 5) is 9.17. The second-order valence-corrected chi connectivity index (χ2v) is 10.3. The normalized spacial score (nSPS) is 25.9. The van der Waals surface area contributed by atoms with Crippen molar-refractivity contribution in [2.24, 2.45) is 5.41 Å². The molecule has 0 radical (unpaired) electrons. The van der Waals surface area contributed by atoms with Crippen LogP contribution in [0.15, 0.2) is 42.7 Å². The smallest absolute Gasteiger partial charge is 0.124 e. The lowest BCUT2D eigenvalue weighted by Gasteiger charge is -2.56. The Morgan fingerprint density at radius 2 is 1.68 bits per heavy atom. The van der Waals surface area contributed by atoms with Crippen molar-refractivity contribution in [3.05, 3.63) is 59.4 Å². The van der Waals surface area contributed by atoms with Crippen molar-refractivity contribution in [3.8, 4) is 0 Å². The van der Waals surface area contributed by atoms with E-state index in [1.165, 1.54) is 5.56 Å². The topological polar surface area (TPSA) is 48.8 Å². The molecule has 0 aliphatic carbocycles. The standard InChI is InChI=1S/C26H37N3O2/c1-18(2)21-7-9-22(10-8-21)26(30,25(5)16-28(6)17-25)23-11-24(13-27-12-23)29-14-19(3)31-20(4)15-29/h7-13,18-20,30H,14-17H2,1-6H3/t19-,20-,26?/m1/s1. The van der Waals surface area contributed by atoms with E-state index in [2.05, 4.69) is 86.8 Å². The van der Waals surface area contributed by atoms with Crippen molar-refractivity contribution in [3.63, 3.8) is 0 Å². The molecule has 0 bridgehead atoms. The van der Waals surface area contributed by atoms with Crippen molar-refractivity contribution in [1.82, 2.24) is 9.88 Å². The van der Waals surface area contributed by atoms with Crippen LogP contribution in [0.4, 0.5) is 5.69 Å². The Morgan fingerprint density at radius 1 is 1.06 bits per heavy atom. The van der Waals surface area contributed by atoms with Crippen molar-refractivity contribution in [1.29, 1.82) is 0 Å². The van der Waals surface area contributed by atoms with Gasteiger partial charge in [0.2, 0.25) is 0 Å². The summed E-state index contributed by atoms with van der Waals surface area (Å²) in [6.45, 7) is 14.1. The molecule has 5 heteroatoms. The molecule has 168 valence electrons. The number of aromatic nitrogens is 1. The highest BCUT2D eigenvalue weighted by Crippen LogP contribution is 2.50. The summed E-state index contributed by atoms with van der Waals surface area (Å²) in [6, 6.07) is 10.6. The fourth-order valence-corrected chi connectivity index (χ4v) is 5.53. The minimum atomic E-state index is -1.11. The van der Waals surface area contributed by atoms with Gasteiger partial charge in [0.05, 0.1) is 24.1 Å². The number of aliphatic hydroxyl groups is 1. The van der Waals surface area contributed by atoms with Gasteiger partial charge in [-0.2, -0.15) is 0 Å². The molecule has 1 unspecified atom stereocenters. The lowest BCUT2D eigenvalue weighted by atomic mass is 9.62. The molecule has 2 saturated heterocycles. The van der Waals surface area contributed by atoms with Gasteiger partial charge in [0.25, 0.3) is 0 Å². The van der Waals surface area contributed by atoms with Crippen LogP contribution in [0.25, 0.3) is 0 Å². The van der Waals surface area contributed by atoms with Gasteiger partial charge in [-0.25, -0.2) is 0 Å². The van der Waals surface area contributed by atoms with E-state index in [1.807, 2.05) is 12.4 Å². The summed E-state index contributed by atoms with van der Waals surface area (Å²) in [5.74, 6) is 0.461. The van der Waals surface area contributed by atoms with Crippen LogP contribution >= 0.6 is 0 Å². The molecule has 1 N–H and O–H groups in total. The maximum atomic E-state index is 12.4. The number of anilines is 1. The highest BCUT2D eigenvalue weighted by atomic mass is 16.5. The van der Waals surface area contributed by atoms with Gasteiger partial charge in [-0.15, -0.1) is 0 Å². The number of benzene rings is 1. The predicted octanol–water partition coefficient (Wildman–Crippen LogP) is 4.01. The first-order valence-corrected chi connectivity index (χ1v) is 11.5. The number of nitrogens with zero attached hydrogens (tertiary/aromatic N) is 3. The largest absolute Gasteiger partial charge is 0.380 e. The summed E-state index contributed by atoms with van der Waals surface area (Å²) in [5.41, 5.74) is 2.74. The zero-order chi connectivity index (χ0) is 22.4. The minimum Gasteiger partial charge on any atom is -0.380 e. The van der Waals surface area contributed by atoms with Gasteiger partial charge in [0.1, 0.15) is 5.60 Å². The molecule has 5 nitrogen and oxygen atoms in total. The molecule has 3 atom stereocenters. The summed E-state index contributed by atoms with van der Waals surface area (Å²) in [7, 11) is 2.11. The molecular weight excluding hydrogens is 386 g/mol. The van der Waals surface area contributed by atoms with Crippen molar-refractivity contribution < 1.29 is 9.84 Å². The number of ether oxygens (including phenoxy) is 1. The number of hydrogen-bond donors (Lipinski definition) is 1. The lowest BCUT2D eigenvalue weighted by molar-refractivity contribution is -0.127. The molecule has 2 aliphatic heterocycles. The maximum absolute atomic E-state index is 12.4. The summed E-state index contributed by atoms with van der Waals surface area (Å²) >= 11 is 0. The molecule has 2 aromatic rings. The average molecular weight is 424 g/mol. The Balaban J connectivity index is 1.76. The van der Waals surface area contributed by atoms with Crippen LogP contribution in [0.5, 0.6) is 0 Å². The number of pyridine rings is 1. The average Bonchev–Trinajstić information content (AvgIpc) is 2.71. The van der Waals surface area contributed by atoms with E-state index in [9.17, 15) is 5.11 Å². The summed E-state index contributed by atoms with van der Waals surface area (Å²) in [6.07, 6.45) is 4.10. The van der Waals surface area contributed by atoms with Crippen molar-refractivity contribution >= 4 is 5.69 Å². The van der Waals surface area contributed by atoms with Crippen LogP contribution in [-0.2, 0) is 10.3 Å². The first-order chi connectivity index (χ1) is 14.6. The molecule has 2 fully saturated rings. The van der Waals surface area contributed by atoms with Gasteiger partial charge in [-0.05, 0) is 44.0 Å². The fourth-order valence-electron chi connectivity index (χ4n) is 5.53. The van der Waals surface area contributed by atoms with Crippen molar-refractivity contribution in [2.45, 2.75) is 58.3 Å². The van der Waals surface area contributed by atoms with Gasteiger partial charge >= 0.3 is 0 Å². The molecular formula is C26H37N3O2. The number of hydrogen-bond acceptors (Lipinski definition) is 5. The van der Waals surface area contributed by atoms with Gasteiger partial charge in [-0.1, -0.05) is 45.0 Å². The van der Waals surface area contributed by atoms with E-state index in [4.69, 9.17) is 4.74 Å². The van der Waals surface area contributed by atoms with Crippen LogP contribution in [0.1, 0.15) is 57.2 Å². The molecule has 3 heterocycles. The van der Waals surface area contributed by atoms with Crippen LogP contribution in [0.2, 0.25) is 0 Å². The van der Waals surface area contributed by atoms with Crippen LogP contribution in [0, 0.1) is 5.41 Å². The monoisotopic (exact) mass is 423 g/mol. The third kappa shape index (κ3) is 3.99. The first kappa shape index (κ1) is 22.3. The highest BCUT2D eigenvalue weighted by molar-refractivity contribution is 5.51. The lowest BCUT2D eigenvalue weighted by Crippen LogP contribution is -2.63. The molecule has 0 saturated carbocycles. The molecule has 4 rings (SSSR count). The first-order valence-electron chi connectivity index (χ1n) is 11.5. The van der Waals surface area contributed by atoms with Gasteiger partial charge in [0, 0.05) is 43.4 Å². The van der Waals surface area contributed by atoms with Crippen molar-refractivity contribution in [2.75, 3.05) is 38.1 Å². The Hall–Kier alpha value is -1.95. The molecule has 1 aromatic carbocycles. The molecule has 1 aromatic heterocycles. The third-order valence-corrected chi connectivity index (χ3v) is 7.03. The zero-order valence-corrected chi connectivity index (χ0v) is 19.8. The van der Waals surface area contributed by atoms with E-state index in [0.29, 0.717) is 5.92 Å². The minimum absolute atomic E-state index is 0.174. The summed E-state index contributed by atoms with van der Waals surface area (Å²) in [5, 5.41) is 12.4. The Kier molecular flexibility index (Phi) is 5.88. The number of rotatable bonds is 5. The van der Waals surface area contributed by atoms with Gasteiger partial charge in [-0.3, -0.25) is 4.98 Å². The molecule has 31 heavy (non-hydrogen) atoms. The van der Waals surface area contributed by atoms with E-state index in [1.54, 1.807) is 0 Å². The van der Waals surface area contributed by atoms with Crippen LogP contribution < -0.4 is 4.90 Å². The zero-order valence-electron chi connectivity index (χ0n) is 19.8. The second-order valence-electron chi connectivity index (χ2n) is 10.3. The second kappa shape index (κ2) is 8.19. The third-order valence-electron chi connectivity index (χ3n) is 7.03. The molecule has 0 spiro atoms. The Labute approximate surface area is 187 Å². The maximum Gasteiger partial charge on any atom is 0.124 e. The van der Waals surface area contributed by atoms with Gasteiger partial charge < -0.3 is 19.6 Å². The van der Waals surface area contributed by atoms with E-state index >= 15 is 0 Å². The van der Waals surface area contributed by atoms with E-state index in [0.717, 1.165) is 43.0 Å². The SMILES string of the molecule is CC(C)c1ccc(C(O)(c2cncc(N3C[C@@H](C)O[C@H](C)C3)c2)C2(C)CN(C)C2)cc1. The summed E-state index contributed by atoms with van der Waals surface area (Å²) < 4.78 is 5.91. The van der Waals surface area contributed by atoms with Crippen LogP contribution in [-0.4, -0.2) is 60.4 Å². The number of likely N-dealkylation sites (tertiary alicyclic amines) is 1. The highest BCUT2D eigenvalue weighted by Gasteiger charge is 2.55. The van der Waals surface area contributed by atoms with Gasteiger partial charge in [0.15, 0.2) is 0 Å². The predicted molar refractivity (Wildman–Crippen MR) is 126 cm³/mol. The molecule has 2 aliphatic rings. The van der Waals surface area contributed by atoms with E-state index < -0.39 is 5.60 Å². The fraction of sp³-hybridized carbons (Fsp3) is 0.577. The quantitative estimate of drug-likeness (QED) is 0.788. The van der Waals surface area contributed by atoms with E-state index in [-0.39, 0.29) is 17.6 Å². The Bertz CT molecular complexity index is 897. The number of morpholine rings is 1. The Morgan fingerprint density at radius 3 is 2.23 bits per heavy atom. The molecule has 0 amide bonds.